The molecule has 0 saturated heterocycles. The fourth-order valence-corrected chi connectivity index (χ4v) is 4.99. The number of fused-ring (bicyclic) bond motifs is 3. The lowest BCUT2D eigenvalue weighted by atomic mass is 9.60. The number of phenols is 1. The van der Waals surface area contributed by atoms with Crippen molar-refractivity contribution >= 4 is 35.0 Å². The number of hydrogen-bond acceptors (Lipinski definition) is 6. The molecule has 3 saturated carbocycles. The van der Waals surface area contributed by atoms with E-state index in [0.717, 1.165) is 6.07 Å². The number of aliphatic hydroxyl groups is 1. The van der Waals surface area contributed by atoms with Crippen molar-refractivity contribution in [3.63, 3.8) is 0 Å². The number of hydrogen-bond donors (Lipinski definition) is 4. The van der Waals surface area contributed by atoms with Crippen molar-refractivity contribution in [1.82, 2.24) is 10.6 Å². The Labute approximate surface area is 211 Å². The molecule has 0 spiro atoms. The molecule has 0 aliphatic heterocycles. The van der Waals surface area contributed by atoms with Gasteiger partial charge in [0, 0.05) is 17.7 Å². The predicted octanol–water partition coefficient (Wildman–Crippen LogP) is 3.34. The number of carbonyl (C=O) groups is 2. The molecule has 0 unspecified atom stereocenters. The van der Waals surface area contributed by atoms with E-state index in [4.69, 9.17) is 32.7 Å². The van der Waals surface area contributed by atoms with Crippen LogP contribution in [-0.4, -0.2) is 52.4 Å². The third kappa shape index (κ3) is 5.74. The molecule has 0 heterocycles. The number of benzene rings is 2. The minimum absolute atomic E-state index is 0.0420. The molecule has 3 aliphatic rings. The van der Waals surface area contributed by atoms with Gasteiger partial charge in [0.15, 0.2) is 13.2 Å². The number of nitrogens with one attached hydrogen (secondary N) is 2. The number of ether oxygens (including phenoxy) is 2. The average molecular weight is 527 g/mol. The second kappa shape index (κ2) is 10.1. The van der Waals surface area contributed by atoms with Crippen LogP contribution in [0.3, 0.4) is 0 Å². The molecule has 3 aliphatic carbocycles. The van der Waals surface area contributed by atoms with Crippen LogP contribution < -0.4 is 20.1 Å². The third-order valence-corrected chi connectivity index (χ3v) is 7.29. The Hall–Kier alpha value is -2.75. The molecule has 2 bridgehead atoms. The summed E-state index contributed by atoms with van der Waals surface area (Å²) < 4.78 is 24.3. The van der Waals surface area contributed by atoms with Gasteiger partial charge in [-0.3, -0.25) is 9.59 Å². The minimum Gasteiger partial charge on any atom is -0.506 e. The van der Waals surface area contributed by atoms with Crippen LogP contribution in [0, 0.1) is 5.82 Å². The van der Waals surface area contributed by atoms with Crippen LogP contribution in [0.2, 0.25) is 10.0 Å². The molecule has 11 heteroatoms. The number of phenolic OH excluding ortho intramolecular Hbond substituents is 1. The van der Waals surface area contributed by atoms with Crippen molar-refractivity contribution in [2.75, 3.05) is 13.2 Å². The molecule has 2 amide bonds. The fraction of sp³-hybridized carbons (Fsp3) is 0.417. The van der Waals surface area contributed by atoms with Crippen molar-refractivity contribution in [1.29, 1.82) is 0 Å². The molecular weight excluding hydrogens is 502 g/mol. The van der Waals surface area contributed by atoms with Gasteiger partial charge in [0.1, 0.15) is 23.1 Å². The quantitative estimate of drug-likeness (QED) is 0.419. The van der Waals surface area contributed by atoms with E-state index in [1.54, 1.807) is 6.07 Å². The standard InChI is InChI=1S/C24H25Cl2FN2O6/c25-16-3-1-14(9-18(16)27)34-13-22(33)29-24-7-5-23(6-8-24,11-20(24)31)28-21(32)12-35-15-2-4-17(26)19(30)10-15/h1-4,9-10,20,30-31H,5-8,11-13H2,(H,28,32)(H,29,33)/t20-,23?,24?/m0/s1. The largest absolute Gasteiger partial charge is 0.506 e. The zero-order valence-corrected chi connectivity index (χ0v) is 20.2. The lowest BCUT2D eigenvalue weighted by Crippen LogP contribution is -2.70. The number of aliphatic hydroxyl groups excluding tert-OH is 1. The Kier molecular flexibility index (Phi) is 7.30. The van der Waals surface area contributed by atoms with Crippen molar-refractivity contribution in [2.24, 2.45) is 0 Å². The van der Waals surface area contributed by atoms with Crippen molar-refractivity contribution in [3.8, 4) is 17.2 Å². The Morgan fingerprint density at radius 3 is 2.09 bits per heavy atom. The Morgan fingerprint density at radius 1 is 0.943 bits per heavy atom. The maximum Gasteiger partial charge on any atom is 0.258 e. The van der Waals surface area contributed by atoms with Gasteiger partial charge in [0.25, 0.3) is 11.8 Å². The number of carbonyl (C=O) groups excluding carboxylic acids is 2. The zero-order chi connectivity index (χ0) is 25.2. The van der Waals surface area contributed by atoms with Gasteiger partial charge in [0.05, 0.1) is 21.7 Å². The van der Waals surface area contributed by atoms with Crippen LogP contribution in [0.15, 0.2) is 36.4 Å². The second-order valence-corrected chi connectivity index (χ2v) is 9.83. The lowest BCUT2D eigenvalue weighted by molar-refractivity contribution is -0.137. The van der Waals surface area contributed by atoms with Crippen LogP contribution in [0.1, 0.15) is 32.1 Å². The van der Waals surface area contributed by atoms with Crippen molar-refractivity contribution in [2.45, 2.75) is 49.3 Å². The summed E-state index contributed by atoms with van der Waals surface area (Å²) in [6.07, 6.45) is 1.51. The van der Waals surface area contributed by atoms with Crippen molar-refractivity contribution < 1.29 is 33.7 Å². The predicted molar refractivity (Wildman–Crippen MR) is 126 cm³/mol. The SMILES string of the molecule is O=C(COc1ccc(Cl)c(O)c1)NC12CCC(NC(=O)COc3ccc(Cl)c(F)c3)(CC1)[C@@H](O)C2. The van der Waals surface area contributed by atoms with E-state index < -0.39 is 28.9 Å². The fourth-order valence-electron chi connectivity index (χ4n) is 4.75. The van der Waals surface area contributed by atoms with E-state index in [0.29, 0.717) is 31.4 Å². The summed E-state index contributed by atoms with van der Waals surface area (Å²) in [4.78, 5) is 25.0. The van der Waals surface area contributed by atoms with Crippen LogP contribution in [0.25, 0.3) is 0 Å². The molecule has 2 aromatic rings. The van der Waals surface area contributed by atoms with Crippen LogP contribution in [0.5, 0.6) is 17.2 Å². The van der Waals surface area contributed by atoms with Gasteiger partial charge in [-0.2, -0.15) is 0 Å². The third-order valence-electron chi connectivity index (χ3n) is 6.66. The van der Waals surface area contributed by atoms with E-state index >= 15 is 0 Å². The first-order valence-corrected chi connectivity index (χ1v) is 11.8. The van der Waals surface area contributed by atoms with E-state index in [2.05, 4.69) is 10.6 Å². The van der Waals surface area contributed by atoms with Crippen LogP contribution in [-0.2, 0) is 9.59 Å². The zero-order valence-electron chi connectivity index (χ0n) is 18.7. The Balaban J connectivity index is 1.28. The first-order chi connectivity index (χ1) is 16.6. The van der Waals surface area contributed by atoms with Gasteiger partial charge in [-0.25, -0.2) is 4.39 Å². The highest BCUT2D eigenvalue weighted by molar-refractivity contribution is 6.32. The molecule has 1 atom stereocenters. The maximum atomic E-state index is 13.5. The van der Waals surface area contributed by atoms with Gasteiger partial charge in [-0.15, -0.1) is 0 Å². The Morgan fingerprint density at radius 2 is 1.51 bits per heavy atom. The summed E-state index contributed by atoms with van der Waals surface area (Å²) in [7, 11) is 0. The van der Waals surface area contributed by atoms with E-state index in [9.17, 15) is 24.2 Å². The van der Waals surface area contributed by atoms with Crippen molar-refractivity contribution in [3.05, 3.63) is 52.3 Å². The molecule has 188 valence electrons. The summed E-state index contributed by atoms with van der Waals surface area (Å²) in [5.41, 5.74) is -1.40. The summed E-state index contributed by atoms with van der Waals surface area (Å²) in [5, 5.41) is 26.5. The molecule has 2 aromatic carbocycles. The van der Waals surface area contributed by atoms with Crippen LogP contribution in [0.4, 0.5) is 4.39 Å². The number of aromatic hydroxyl groups is 1. The van der Waals surface area contributed by atoms with E-state index in [1.165, 1.54) is 24.3 Å². The Bertz CT molecular complexity index is 1120. The summed E-state index contributed by atoms with van der Waals surface area (Å²) in [6.45, 7) is -0.599. The monoisotopic (exact) mass is 526 g/mol. The van der Waals surface area contributed by atoms with Gasteiger partial charge in [0.2, 0.25) is 0 Å². The minimum atomic E-state index is -0.864. The van der Waals surface area contributed by atoms with Gasteiger partial charge < -0.3 is 30.3 Å². The van der Waals surface area contributed by atoms with Crippen LogP contribution >= 0.6 is 23.2 Å². The first kappa shape index (κ1) is 25.3. The highest BCUT2D eigenvalue weighted by atomic mass is 35.5. The highest BCUT2D eigenvalue weighted by Gasteiger charge is 2.55. The lowest BCUT2D eigenvalue weighted by Gasteiger charge is -2.56. The first-order valence-electron chi connectivity index (χ1n) is 11.1. The summed E-state index contributed by atoms with van der Waals surface area (Å²) >= 11 is 11.4. The van der Waals surface area contributed by atoms with Gasteiger partial charge in [-0.05, 0) is 56.4 Å². The molecule has 0 radical (unpaired) electrons. The smallest absolute Gasteiger partial charge is 0.258 e. The molecule has 5 rings (SSSR count). The average Bonchev–Trinajstić information content (AvgIpc) is 2.82. The molecule has 8 nitrogen and oxygen atoms in total. The second-order valence-electron chi connectivity index (χ2n) is 9.02. The van der Waals surface area contributed by atoms with Gasteiger partial charge >= 0.3 is 0 Å². The molecule has 4 N–H and O–H groups in total. The number of rotatable bonds is 8. The van der Waals surface area contributed by atoms with Gasteiger partial charge in [-0.1, -0.05) is 23.2 Å². The maximum absolute atomic E-state index is 13.5. The van der Waals surface area contributed by atoms with E-state index in [-0.39, 0.29) is 47.1 Å². The summed E-state index contributed by atoms with van der Waals surface area (Å²) in [6, 6.07) is 8.23. The normalized spacial score (nSPS) is 25.1. The number of amides is 2. The molecule has 35 heavy (non-hydrogen) atoms. The topological polar surface area (TPSA) is 117 Å². The molecular formula is C24H25Cl2FN2O6. The van der Waals surface area contributed by atoms with E-state index in [1.807, 2.05) is 0 Å². The highest BCUT2D eigenvalue weighted by Crippen LogP contribution is 2.47. The summed E-state index contributed by atoms with van der Waals surface area (Å²) in [5.74, 6) is -1.10. The molecule has 0 aromatic heterocycles. The molecule has 3 fully saturated rings. The number of halogens is 3.